The summed E-state index contributed by atoms with van der Waals surface area (Å²) in [6.07, 6.45) is 1.18. The molecule has 0 spiro atoms. The van der Waals surface area contributed by atoms with Gasteiger partial charge >= 0.3 is 6.03 Å². The molecule has 0 unspecified atom stereocenters. The number of benzene rings is 1. The van der Waals surface area contributed by atoms with Gasteiger partial charge in [0, 0.05) is 26.2 Å². The Morgan fingerprint density at radius 1 is 1.12 bits per heavy atom. The van der Waals surface area contributed by atoms with E-state index in [0.29, 0.717) is 26.2 Å². The molecule has 134 valence electrons. The fourth-order valence-corrected chi connectivity index (χ4v) is 3.48. The smallest absolute Gasteiger partial charge is 0.320 e. The van der Waals surface area contributed by atoms with Gasteiger partial charge in [0.25, 0.3) is 0 Å². The van der Waals surface area contributed by atoms with E-state index < -0.39 is 10.0 Å². The number of carbonyl (C=O) groups excluding carboxylic acids is 1. The second-order valence-corrected chi connectivity index (χ2v) is 8.06. The SMILES string of the molecule is Cc1ccc(C)c(OCNC(=O)N2CCN(S(C)(=O)=O)CC2)c1C. The summed E-state index contributed by atoms with van der Waals surface area (Å²) < 4.78 is 30.0. The number of hydrogen-bond donors (Lipinski definition) is 1. The van der Waals surface area contributed by atoms with Crippen LogP contribution in [0.4, 0.5) is 4.79 Å². The van der Waals surface area contributed by atoms with Crippen LogP contribution >= 0.6 is 0 Å². The zero-order chi connectivity index (χ0) is 17.9. The van der Waals surface area contributed by atoms with Crippen molar-refractivity contribution < 1.29 is 17.9 Å². The number of hydrogen-bond acceptors (Lipinski definition) is 4. The van der Waals surface area contributed by atoms with E-state index in [1.807, 2.05) is 32.9 Å². The topological polar surface area (TPSA) is 79.0 Å². The lowest BCUT2D eigenvalue weighted by atomic mass is 10.1. The van der Waals surface area contributed by atoms with Crippen LogP contribution in [0.25, 0.3) is 0 Å². The molecule has 0 atom stereocenters. The van der Waals surface area contributed by atoms with Gasteiger partial charge in [-0.15, -0.1) is 0 Å². The van der Waals surface area contributed by atoms with E-state index in [-0.39, 0.29) is 12.8 Å². The summed E-state index contributed by atoms with van der Waals surface area (Å²) in [6.45, 7) is 7.45. The van der Waals surface area contributed by atoms with Crippen molar-refractivity contribution in [3.05, 3.63) is 28.8 Å². The molecule has 7 nitrogen and oxygen atoms in total. The molecule has 24 heavy (non-hydrogen) atoms. The number of ether oxygens (including phenoxy) is 1. The summed E-state index contributed by atoms with van der Waals surface area (Å²) in [5.41, 5.74) is 3.22. The van der Waals surface area contributed by atoms with E-state index in [0.717, 1.165) is 22.4 Å². The van der Waals surface area contributed by atoms with E-state index in [2.05, 4.69) is 5.32 Å². The van der Waals surface area contributed by atoms with E-state index in [1.165, 1.54) is 10.6 Å². The molecule has 1 fully saturated rings. The maximum atomic E-state index is 12.1. The first-order chi connectivity index (χ1) is 11.2. The molecule has 0 aromatic heterocycles. The summed E-state index contributed by atoms with van der Waals surface area (Å²) in [7, 11) is -3.19. The Morgan fingerprint density at radius 3 is 2.29 bits per heavy atom. The quantitative estimate of drug-likeness (QED) is 0.824. The molecule has 1 aliphatic rings. The zero-order valence-corrected chi connectivity index (χ0v) is 15.4. The third-order valence-corrected chi connectivity index (χ3v) is 5.61. The van der Waals surface area contributed by atoms with Crippen LogP contribution in [-0.2, 0) is 10.0 Å². The molecule has 1 aromatic carbocycles. The minimum atomic E-state index is -3.19. The first-order valence-electron chi connectivity index (χ1n) is 7.87. The Kier molecular flexibility index (Phi) is 5.71. The molecule has 0 bridgehead atoms. The monoisotopic (exact) mass is 355 g/mol. The van der Waals surface area contributed by atoms with Crippen molar-refractivity contribution in [2.75, 3.05) is 39.2 Å². The van der Waals surface area contributed by atoms with E-state index in [9.17, 15) is 13.2 Å². The molecule has 2 rings (SSSR count). The maximum Gasteiger partial charge on any atom is 0.320 e. The van der Waals surface area contributed by atoms with Crippen molar-refractivity contribution >= 4 is 16.1 Å². The van der Waals surface area contributed by atoms with Gasteiger partial charge in [0.05, 0.1) is 6.26 Å². The van der Waals surface area contributed by atoms with Crippen molar-refractivity contribution in [3.63, 3.8) is 0 Å². The number of piperazine rings is 1. The van der Waals surface area contributed by atoms with Gasteiger partial charge in [0.15, 0.2) is 6.73 Å². The number of rotatable bonds is 4. The molecule has 1 heterocycles. The number of aryl methyl sites for hydroxylation is 2. The molecular weight excluding hydrogens is 330 g/mol. The standard InChI is InChI=1S/C16H25N3O4S/c1-12-5-6-13(2)15(14(12)3)23-11-17-16(20)18-7-9-19(10-8-18)24(4,21)22/h5-6H,7-11H2,1-4H3,(H,17,20). The van der Waals surface area contributed by atoms with Crippen LogP contribution in [0.15, 0.2) is 12.1 Å². The van der Waals surface area contributed by atoms with E-state index in [4.69, 9.17) is 4.74 Å². The maximum absolute atomic E-state index is 12.1. The summed E-state index contributed by atoms with van der Waals surface area (Å²) in [5, 5.41) is 2.73. The van der Waals surface area contributed by atoms with Crippen LogP contribution in [0.2, 0.25) is 0 Å². The van der Waals surface area contributed by atoms with Crippen LogP contribution in [-0.4, -0.2) is 62.8 Å². The van der Waals surface area contributed by atoms with Gasteiger partial charge in [-0.2, -0.15) is 4.31 Å². The van der Waals surface area contributed by atoms with Gasteiger partial charge in [-0.25, -0.2) is 13.2 Å². The lowest BCUT2D eigenvalue weighted by Crippen LogP contribution is -2.53. The molecule has 1 N–H and O–H groups in total. The molecule has 1 aliphatic heterocycles. The predicted molar refractivity (Wildman–Crippen MR) is 92.7 cm³/mol. The normalized spacial score (nSPS) is 16.1. The molecule has 1 aromatic rings. The highest BCUT2D eigenvalue weighted by Gasteiger charge is 2.25. The molecule has 0 aliphatic carbocycles. The van der Waals surface area contributed by atoms with Crippen LogP contribution in [0.3, 0.4) is 0 Å². The number of sulfonamides is 1. The van der Waals surface area contributed by atoms with Gasteiger partial charge < -0.3 is 15.0 Å². The fourth-order valence-electron chi connectivity index (χ4n) is 2.65. The number of urea groups is 1. The first kappa shape index (κ1) is 18.5. The van der Waals surface area contributed by atoms with Crippen molar-refractivity contribution in [1.82, 2.24) is 14.5 Å². The minimum absolute atomic E-state index is 0.0796. The number of nitrogens with one attached hydrogen (secondary N) is 1. The van der Waals surface area contributed by atoms with Crippen LogP contribution in [0.1, 0.15) is 16.7 Å². The highest BCUT2D eigenvalue weighted by molar-refractivity contribution is 7.88. The lowest BCUT2D eigenvalue weighted by Gasteiger charge is -2.33. The Bertz CT molecular complexity index is 710. The van der Waals surface area contributed by atoms with Crippen molar-refractivity contribution in [2.24, 2.45) is 0 Å². The van der Waals surface area contributed by atoms with Crippen LogP contribution < -0.4 is 10.1 Å². The third kappa shape index (κ3) is 4.39. The third-order valence-electron chi connectivity index (χ3n) is 4.31. The second-order valence-electron chi connectivity index (χ2n) is 6.07. The van der Waals surface area contributed by atoms with Crippen molar-refractivity contribution in [1.29, 1.82) is 0 Å². The van der Waals surface area contributed by atoms with Crippen molar-refractivity contribution in [2.45, 2.75) is 20.8 Å². The zero-order valence-electron chi connectivity index (χ0n) is 14.6. The number of carbonyl (C=O) groups is 1. The van der Waals surface area contributed by atoms with Crippen molar-refractivity contribution in [3.8, 4) is 5.75 Å². The van der Waals surface area contributed by atoms with Crippen LogP contribution in [0, 0.1) is 20.8 Å². The molecule has 8 heteroatoms. The summed E-state index contributed by atoms with van der Waals surface area (Å²) >= 11 is 0. The average Bonchev–Trinajstić information content (AvgIpc) is 2.53. The summed E-state index contributed by atoms with van der Waals surface area (Å²) in [5.74, 6) is 0.789. The fraction of sp³-hybridized carbons (Fsp3) is 0.562. The van der Waals surface area contributed by atoms with E-state index >= 15 is 0 Å². The molecule has 0 radical (unpaired) electrons. The van der Waals surface area contributed by atoms with Gasteiger partial charge in [-0.1, -0.05) is 12.1 Å². The minimum Gasteiger partial charge on any atom is -0.473 e. The molecule has 0 saturated carbocycles. The number of amides is 2. The predicted octanol–water partition coefficient (Wildman–Crippen LogP) is 1.23. The summed E-state index contributed by atoms with van der Waals surface area (Å²) in [6, 6.07) is 3.78. The Hall–Kier alpha value is -1.80. The van der Waals surface area contributed by atoms with E-state index in [1.54, 1.807) is 4.90 Å². The lowest BCUT2D eigenvalue weighted by molar-refractivity contribution is 0.162. The van der Waals surface area contributed by atoms with Gasteiger partial charge in [0.1, 0.15) is 5.75 Å². The number of nitrogens with zero attached hydrogens (tertiary/aromatic N) is 2. The molecule has 2 amide bonds. The van der Waals surface area contributed by atoms with Gasteiger partial charge in [-0.3, -0.25) is 0 Å². The van der Waals surface area contributed by atoms with Gasteiger partial charge in [0.2, 0.25) is 10.0 Å². The highest BCUT2D eigenvalue weighted by atomic mass is 32.2. The average molecular weight is 355 g/mol. The Labute approximate surface area is 143 Å². The Morgan fingerprint density at radius 2 is 1.71 bits per heavy atom. The Balaban J connectivity index is 1.84. The largest absolute Gasteiger partial charge is 0.473 e. The molecular formula is C16H25N3O4S. The van der Waals surface area contributed by atoms with Gasteiger partial charge in [-0.05, 0) is 37.5 Å². The first-order valence-corrected chi connectivity index (χ1v) is 9.72. The van der Waals surface area contributed by atoms with Crippen LogP contribution in [0.5, 0.6) is 5.75 Å². The molecule has 1 saturated heterocycles. The summed E-state index contributed by atoms with van der Waals surface area (Å²) in [4.78, 5) is 13.7. The highest BCUT2D eigenvalue weighted by Crippen LogP contribution is 2.25. The second kappa shape index (κ2) is 7.40.